The summed E-state index contributed by atoms with van der Waals surface area (Å²) in [5.41, 5.74) is 2.65. The molecule has 0 bridgehead atoms. The van der Waals surface area contributed by atoms with Crippen LogP contribution in [-0.2, 0) is 0 Å². The van der Waals surface area contributed by atoms with Gasteiger partial charge in [-0.3, -0.25) is 0 Å². The molecular weight excluding hydrogens is 316 g/mol. The van der Waals surface area contributed by atoms with Crippen LogP contribution in [0.5, 0.6) is 0 Å². The van der Waals surface area contributed by atoms with Gasteiger partial charge in [-0.05, 0) is 40.8 Å². The summed E-state index contributed by atoms with van der Waals surface area (Å²) in [5.74, 6) is 0.966. The van der Waals surface area contributed by atoms with Crippen LogP contribution in [0, 0.1) is 0 Å². The van der Waals surface area contributed by atoms with Crippen molar-refractivity contribution in [3.05, 3.63) is 102 Å². The van der Waals surface area contributed by atoms with Crippen molar-refractivity contribution in [2.75, 3.05) is 5.75 Å². The standard InChI is InChI=1S/C21H18S2/c1-4-10-18(11-5-1)19(16-22-20-12-6-2-7-13-20)17-23-21-14-8-3-9-15-21/h1-16H,17H2/b19-16-. The van der Waals surface area contributed by atoms with Crippen molar-refractivity contribution in [1.29, 1.82) is 0 Å². The van der Waals surface area contributed by atoms with E-state index in [1.54, 1.807) is 11.8 Å². The lowest BCUT2D eigenvalue weighted by Crippen LogP contribution is -1.87. The smallest absolute Gasteiger partial charge is 0.0243 e. The first-order chi connectivity index (χ1) is 11.4. The average Bonchev–Trinajstić information content (AvgIpc) is 2.64. The molecule has 0 amide bonds. The van der Waals surface area contributed by atoms with Crippen LogP contribution in [-0.4, -0.2) is 5.75 Å². The summed E-state index contributed by atoms with van der Waals surface area (Å²) in [6.07, 6.45) is 0. The molecule has 0 aliphatic carbocycles. The van der Waals surface area contributed by atoms with Crippen molar-refractivity contribution in [1.82, 2.24) is 0 Å². The Hall–Kier alpha value is -1.90. The van der Waals surface area contributed by atoms with Gasteiger partial charge in [-0.25, -0.2) is 0 Å². The minimum absolute atomic E-state index is 0.966. The van der Waals surface area contributed by atoms with E-state index in [2.05, 4.69) is 96.4 Å². The lowest BCUT2D eigenvalue weighted by molar-refractivity contribution is 1.46. The molecular formula is C21H18S2. The molecule has 0 N–H and O–H groups in total. The third-order valence-electron chi connectivity index (χ3n) is 3.36. The molecule has 2 heteroatoms. The Bertz CT molecular complexity index is 735. The van der Waals surface area contributed by atoms with Crippen LogP contribution in [0.25, 0.3) is 5.57 Å². The first kappa shape index (κ1) is 16.0. The second-order valence-electron chi connectivity index (χ2n) is 5.04. The zero-order valence-corrected chi connectivity index (χ0v) is 14.4. The highest BCUT2D eigenvalue weighted by Crippen LogP contribution is 2.29. The zero-order valence-electron chi connectivity index (χ0n) is 12.8. The first-order valence-corrected chi connectivity index (χ1v) is 9.42. The predicted octanol–water partition coefficient (Wildman–Crippen LogP) is 6.61. The van der Waals surface area contributed by atoms with E-state index < -0.39 is 0 Å². The van der Waals surface area contributed by atoms with E-state index >= 15 is 0 Å². The van der Waals surface area contributed by atoms with Crippen molar-refractivity contribution in [3.8, 4) is 0 Å². The molecule has 0 atom stereocenters. The minimum Gasteiger partial charge on any atom is -0.121 e. The molecule has 3 aromatic carbocycles. The fourth-order valence-electron chi connectivity index (χ4n) is 2.15. The molecule has 0 heterocycles. The van der Waals surface area contributed by atoms with Crippen LogP contribution in [0.15, 0.2) is 106 Å². The summed E-state index contributed by atoms with van der Waals surface area (Å²) in [5, 5.41) is 2.28. The maximum Gasteiger partial charge on any atom is 0.0243 e. The van der Waals surface area contributed by atoms with E-state index in [0.717, 1.165) is 5.75 Å². The lowest BCUT2D eigenvalue weighted by atomic mass is 10.1. The zero-order chi connectivity index (χ0) is 15.7. The van der Waals surface area contributed by atoms with E-state index in [9.17, 15) is 0 Å². The van der Waals surface area contributed by atoms with Crippen LogP contribution in [0.3, 0.4) is 0 Å². The monoisotopic (exact) mass is 334 g/mol. The van der Waals surface area contributed by atoms with E-state index in [-0.39, 0.29) is 0 Å². The Morgan fingerprint density at radius 2 is 1.17 bits per heavy atom. The minimum atomic E-state index is 0.966. The van der Waals surface area contributed by atoms with Crippen molar-refractivity contribution in [3.63, 3.8) is 0 Å². The van der Waals surface area contributed by atoms with Gasteiger partial charge in [0.15, 0.2) is 0 Å². The van der Waals surface area contributed by atoms with Crippen molar-refractivity contribution < 1.29 is 0 Å². The Morgan fingerprint density at radius 1 is 0.652 bits per heavy atom. The van der Waals surface area contributed by atoms with Gasteiger partial charge in [-0.1, -0.05) is 78.5 Å². The molecule has 23 heavy (non-hydrogen) atoms. The highest BCUT2D eigenvalue weighted by atomic mass is 32.2. The molecule has 114 valence electrons. The summed E-state index contributed by atoms with van der Waals surface area (Å²) in [4.78, 5) is 2.57. The molecule has 0 saturated heterocycles. The van der Waals surface area contributed by atoms with E-state index in [4.69, 9.17) is 0 Å². The second-order valence-corrected chi connectivity index (χ2v) is 7.03. The van der Waals surface area contributed by atoms with Crippen molar-refractivity contribution >= 4 is 29.1 Å². The van der Waals surface area contributed by atoms with Gasteiger partial charge >= 0.3 is 0 Å². The Labute approximate surface area is 146 Å². The molecule has 0 aliphatic heterocycles. The Balaban J connectivity index is 1.76. The van der Waals surface area contributed by atoms with E-state index in [1.807, 2.05) is 11.8 Å². The molecule has 3 rings (SSSR count). The van der Waals surface area contributed by atoms with Gasteiger partial charge in [0, 0.05) is 15.5 Å². The number of hydrogen-bond acceptors (Lipinski definition) is 2. The van der Waals surface area contributed by atoms with Gasteiger partial charge in [-0.2, -0.15) is 0 Å². The topological polar surface area (TPSA) is 0 Å². The van der Waals surface area contributed by atoms with Crippen molar-refractivity contribution in [2.45, 2.75) is 9.79 Å². The summed E-state index contributed by atoms with van der Waals surface area (Å²) in [7, 11) is 0. The van der Waals surface area contributed by atoms with Crippen LogP contribution in [0.2, 0.25) is 0 Å². The largest absolute Gasteiger partial charge is 0.121 e. The highest BCUT2D eigenvalue weighted by Gasteiger charge is 2.03. The van der Waals surface area contributed by atoms with Gasteiger partial charge in [0.1, 0.15) is 0 Å². The van der Waals surface area contributed by atoms with Crippen LogP contribution in [0.1, 0.15) is 5.56 Å². The number of hydrogen-bond donors (Lipinski definition) is 0. The van der Waals surface area contributed by atoms with Crippen LogP contribution in [0.4, 0.5) is 0 Å². The second kappa shape index (κ2) is 8.66. The SMILES string of the molecule is C(/Sc1ccccc1)=C(\CSc1ccccc1)c1ccccc1. The van der Waals surface area contributed by atoms with E-state index in [1.165, 1.54) is 20.9 Å². The Kier molecular flexibility index (Phi) is 6.01. The Morgan fingerprint density at radius 3 is 1.78 bits per heavy atom. The van der Waals surface area contributed by atoms with Gasteiger partial charge in [-0.15, -0.1) is 11.8 Å². The molecule has 0 spiro atoms. The van der Waals surface area contributed by atoms with Gasteiger partial charge in [0.25, 0.3) is 0 Å². The van der Waals surface area contributed by atoms with Crippen molar-refractivity contribution in [2.24, 2.45) is 0 Å². The molecule has 3 aromatic rings. The maximum absolute atomic E-state index is 2.28. The summed E-state index contributed by atoms with van der Waals surface area (Å²) >= 11 is 3.66. The molecule has 0 saturated carbocycles. The van der Waals surface area contributed by atoms with Gasteiger partial charge in [0.2, 0.25) is 0 Å². The van der Waals surface area contributed by atoms with Crippen LogP contribution < -0.4 is 0 Å². The third kappa shape index (κ3) is 5.05. The molecule has 0 fully saturated rings. The fourth-order valence-corrected chi connectivity index (χ4v) is 3.99. The molecule has 0 nitrogen and oxygen atoms in total. The molecule has 0 unspecified atom stereocenters. The normalized spacial score (nSPS) is 11.4. The van der Waals surface area contributed by atoms with Gasteiger partial charge < -0.3 is 0 Å². The lowest BCUT2D eigenvalue weighted by Gasteiger charge is -2.08. The summed E-state index contributed by atoms with van der Waals surface area (Å²) < 4.78 is 0. The number of thioether (sulfide) groups is 2. The fraction of sp³-hybridized carbons (Fsp3) is 0.0476. The first-order valence-electron chi connectivity index (χ1n) is 7.56. The number of rotatable bonds is 6. The number of benzene rings is 3. The summed E-state index contributed by atoms with van der Waals surface area (Å²) in [6.45, 7) is 0. The molecule has 0 radical (unpaired) electrons. The van der Waals surface area contributed by atoms with E-state index in [0.29, 0.717) is 0 Å². The average molecular weight is 335 g/mol. The quantitative estimate of drug-likeness (QED) is 0.465. The van der Waals surface area contributed by atoms with Crippen LogP contribution >= 0.6 is 23.5 Å². The maximum atomic E-state index is 2.28. The molecule has 0 aliphatic rings. The highest BCUT2D eigenvalue weighted by molar-refractivity contribution is 8.02. The molecule has 0 aromatic heterocycles. The predicted molar refractivity (Wildman–Crippen MR) is 104 cm³/mol. The van der Waals surface area contributed by atoms with Gasteiger partial charge in [0.05, 0.1) is 0 Å². The third-order valence-corrected chi connectivity index (χ3v) is 5.37. The summed E-state index contributed by atoms with van der Waals surface area (Å²) in [6, 6.07) is 31.7.